The first-order valence-electron chi connectivity index (χ1n) is 50.1. The van der Waals surface area contributed by atoms with Gasteiger partial charge in [0, 0.05) is 87.2 Å². The van der Waals surface area contributed by atoms with E-state index in [-0.39, 0.29) is 54.9 Å². The highest BCUT2D eigenvalue weighted by atomic mass is 32.0. The molecule has 0 aromatic rings. The Morgan fingerprint density at radius 3 is 0.767 bits per heavy atom. The summed E-state index contributed by atoms with van der Waals surface area (Å²) < 4.78 is 49.5. The van der Waals surface area contributed by atoms with Crippen LogP contribution in [0.1, 0.15) is 333 Å². The Labute approximate surface area is 849 Å². The Morgan fingerprint density at radius 1 is 0.203 bits per heavy atom. The largest absolute Gasteiger partial charge is 0.362 e. The van der Waals surface area contributed by atoms with E-state index in [4.69, 9.17) is 40.7 Å². The van der Waals surface area contributed by atoms with Crippen LogP contribution in [-0.4, -0.2) is 54.9 Å². The van der Waals surface area contributed by atoms with Gasteiger partial charge in [-0.25, -0.2) is 0 Å². The predicted octanol–water partition coefficient (Wildman–Crippen LogP) is 39.2. The molecule has 0 radical (unpaired) electrons. The average Bonchev–Trinajstić information content (AvgIpc) is 0.923. The van der Waals surface area contributed by atoms with Crippen LogP contribution in [0.3, 0.4) is 0 Å². The minimum atomic E-state index is 0.0922. The average molecular weight is 2080 g/mol. The van der Waals surface area contributed by atoms with Crippen LogP contribution in [0, 0.1) is 5.92 Å². The van der Waals surface area contributed by atoms with Crippen LogP contribution < -0.4 is 0 Å². The molecule has 0 rings (SSSR count). The third-order valence-electron chi connectivity index (χ3n) is 19.7. The number of hydrogen-bond acceptors (Lipinski definition) is 9. The molecule has 0 aliphatic heterocycles. The van der Waals surface area contributed by atoms with E-state index in [0.29, 0.717) is 39.9 Å². The standard InChI is InChI=1S/C23H39OP.4C22H39O2P3/c1-4-6-8-10-12-13-14-15-16-18-20-22(3)23(24-25)21-19-17-11-9-7-5-2;2*1-3-4-5-6-7-8-9-10-11-12-16-19-22(23-25)20-17-14-13-15-18-21(2)24-27-26;2*1-3-5-7-8-9-10-14-17-21(23-25)18-15-11-12-16-20-22(24-27-26)19-13-6-4-2/h7,9,13-20,22-23H,4-6,8,10-12,21,25H2,1-3H3;2*8-9,11-12,14-19,21-22,27H,3-7,10,13,20,25-26H2,1-2H3;2*6,10-16,18,20-22,27H,3-5,7-9,17,19,25-26H2,1-2H3/b9-7-,14-13-,16-15+,19-17-,20-18+;9-8-,12-11-,17-14-,18-15-,19-16+;;12-11+,13-6-,14-10-,18-15+,20-16-;. The van der Waals surface area contributed by atoms with Crippen molar-refractivity contribution in [3.8, 4) is 0 Å². The normalized spacial score (nSPS) is 15.7. The predicted molar refractivity (Wildman–Crippen MR) is 644 cm³/mol. The van der Waals surface area contributed by atoms with Gasteiger partial charge in [-0.3, -0.25) is 0 Å². The molecule has 0 heterocycles. The second-order valence-electron chi connectivity index (χ2n) is 31.7. The van der Waals surface area contributed by atoms with E-state index < -0.39 is 0 Å². The van der Waals surface area contributed by atoms with Crippen molar-refractivity contribution in [2.45, 2.75) is 388 Å². The molecule has 0 aliphatic carbocycles. The third kappa shape index (κ3) is 119. The van der Waals surface area contributed by atoms with Crippen molar-refractivity contribution in [3.63, 3.8) is 0 Å². The maximum Gasteiger partial charge on any atom is 0.0836 e. The first kappa shape index (κ1) is 140. The monoisotopic (exact) mass is 2080 g/mol. The molecule has 0 amide bonds. The van der Waals surface area contributed by atoms with Crippen LogP contribution in [0.5, 0.6) is 0 Å². The molecular formula is C111H195O9P13. The lowest BCUT2D eigenvalue weighted by Gasteiger charge is -2.17. The van der Waals surface area contributed by atoms with Crippen molar-refractivity contribution in [3.05, 3.63) is 304 Å². The lowest BCUT2D eigenvalue weighted by molar-refractivity contribution is 0.199. The molecule has 133 heavy (non-hydrogen) atoms. The highest BCUT2D eigenvalue weighted by Crippen LogP contribution is 2.28. The van der Waals surface area contributed by atoms with Crippen LogP contribution in [-0.2, 0) is 40.7 Å². The summed E-state index contributed by atoms with van der Waals surface area (Å²) in [5.74, 6) is 0.385. The van der Waals surface area contributed by atoms with E-state index >= 15 is 0 Å². The third-order valence-corrected chi connectivity index (χ3v) is 24.9. The van der Waals surface area contributed by atoms with Crippen LogP contribution >= 0.6 is 117 Å². The van der Waals surface area contributed by atoms with Gasteiger partial charge in [0.15, 0.2) is 0 Å². The van der Waals surface area contributed by atoms with Gasteiger partial charge in [0.05, 0.1) is 54.9 Å². The maximum atomic E-state index is 5.71. The molecule has 0 saturated carbocycles. The summed E-state index contributed by atoms with van der Waals surface area (Å²) in [5.41, 5.74) is 0. The molecule has 0 saturated heterocycles. The fraction of sp³-hybridized carbons (Fsp3) is 0.550. The molecule has 0 aliphatic rings. The van der Waals surface area contributed by atoms with Gasteiger partial charge in [-0.1, -0.05) is 498 Å². The molecule has 0 aromatic carbocycles. The van der Waals surface area contributed by atoms with Crippen molar-refractivity contribution in [2.24, 2.45) is 5.92 Å². The summed E-state index contributed by atoms with van der Waals surface area (Å²) >= 11 is 0. The molecule has 0 spiro atoms. The van der Waals surface area contributed by atoms with E-state index in [1.807, 2.05) is 48.6 Å². The fourth-order valence-electron chi connectivity index (χ4n) is 11.8. The summed E-state index contributed by atoms with van der Waals surface area (Å²) in [6, 6.07) is 0. The van der Waals surface area contributed by atoms with E-state index in [1.54, 1.807) is 0 Å². The number of allylic oxidation sites excluding steroid dienone is 34. The Hall–Kier alpha value is -1.27. The molecule has 0 aromatic heterocycles. The van der Waals surface area contributed by atoms with Gasteiger partial charge < -0.3 is 40.7 Å². The molecule has 0 fully saturated rings. The Kier molecular flexibility index (Phi) is 134. The molecule has 22 heteroatoms. The highest BCUT2D eigenvalue weighted by molar-refractivity contribution is 8.01. The van der Waals surface area contributed by atoms with Crippen LogP contribution in [0.2, 0.25) is 0 Å². The van der Waals surface area contributed by atoms with Gasteiger partial charge in [0.1, 0.15) is 0 Å². The molecule has 0 N–H and O–H groups in total. The van der Waals surface area contributed by atoms with Crippen LogP contribution in [0.15, 0.2) is 304 Å². The number of unbranched alkanes of at least 4 members (excludes halogenated alkanes) is 20. The van der Waals surface area contributed by atoms with Crippen molar-refractivity contribution >= 4 is 117 Å². The Morgan fingerprint density at radius 2 is 0.444 bits per heavy atom. The van der Waals surface area contributed by atoms with Crippen molar-refractivity contribution < 1.29 is 40.7 Å². The zero-order valence-electron chi connectivity index (χ0n) is 84.8. The number of hydrogen-bond donors (Lipinski definition) is 0. The first-order valence-corrected chi connectivity index (χ1v) is 63.3. The van der Waals surface area contributed by atoms with Crippen molar-refractivity contribution in [1.82, 2.24) is 0 Å². The summed E-state index contributed by atoms with van der Waals surface area (Å²) in [7, 11) is 24.1. The first-order chi connectivity index (χ1) is 65.3. The van der Waals surface area contributed by atoms with Gasteiger partial charge in [-0.15, -0.1) is 0 Å². The molecule has 758 valence electrons. The Balaban J connectivity index is -0.000000513. The summed E-state index contributed by atoms with van der Waals surface area (Å²) in [6.45, 7) is 24.0. The summed E-state index contributed by atoms with van der Waals surface area (Å²) in [4.78, 5) is 0. The summed E-state index contributed by atoms with van der Waals surface area (Å²) in [5, 5.41) is 0. The molecule has 23 unspecified atom stereocenters. The maximum absolute atomic E-state index is 5.71. The molecular weight excluding hydrogens is 1880 g/mol. The lowest BCUT2D eigenvalue weighted by Crippen LogP contribution is -2.15. The van der Waals surface area contributed by atoms with Crippen molar-refractivity contribution in [2.75, 3.05) is 0 Å². The Bertz CT molecular complexity index is 3040. The van der Waals surface area contributed by atoms with Crippen molar-refractivity contribution in [1.29, 1.82) is 0 Å². The van der Waals surface area contributed by atoms with Crippen LogP contribution in [0.4, 0.5) is 0 Å². The summed E-state index contributed by atoms with van der Waals surface area (Å²) in [6.07, 6.45) is 155. The van der Waals surface area contributed by atoms with E-state index in [1.165, 1.54) is 161 Å². The van der Waals surface area contributed by atoms with Gasteiger partial charge in [0.2, 0.25) is 0 Å². The second-order valence-corrected chi connectivity index (χ2v) is 37.7. The highest BCUT2D eigenvalue weighted by Gasteiger charge is 2.12. The van der Waals surface area contributed by atoms with Gasteiger partial charge in [-0.05, 0) is 174 Å². The lowest BCUT2D eigenvalue weighted by atomic mass is 10.0. The second kappa shape index (κ2) is 127. The molecule has 23 atom stereocenters. The smallest absolute Gasteiger partial charge is 0.0836 e. The molecule has 0 bridgehead atoms. The topological polar surface area (TPSA) is 83.1 Å². The minimum Gasteiger partial charge on any atom is -0.362 e. The zero-order valence-corrected chi connectivity index (χ0v) is 99.2. The SMILES string of the molecule is CC/C=C\C/C=C\CC(OP)C(C)/C=C/C=C/C=C\CCCCCC.CC/C=C\CC(\C=C/C=C/C=C/C(C/C=C\CCCCCC)OP)OPP.CCC=CCC(C=CC=CC=CC(CC=CCCCCCC)OP)OPP.CCCCCC/C=C\C/C=C\C=C\C(C/C=C\C/C=C\C(C)OPP)OP.CCCCCCC=CCC=CC=CC(CC=CCC=CC(C)OPP)OP. The van der Waals surface area contributed by atoms with E-state index in [2.05, 4.69) is 414 Å². The minimum absolute atomic E-state index is 0.0922. The quantitative estimate of drug-likeness (QED) is 0.0256. The van der Waals surface area contributed by atoms with E-state index in [9.17, 15) is 0 Å². The van der Waals surface area contributed by atoms with E-state index in [0.717, 1.165) is 96.3 Å². The zero-order chi connectivity index (χ0) is 98.6. The number of rotatable bonds is 83. The van der Waals surface area contributed by atoms with Crippen LogP contribution in [0.25, 0.3) is 0 Å². The fourth-order valence-corrected chi connectivity index (χ4v) is 16.6. The molecule has 9 nitrogen and oxygen atoms in total. The van der Waals surface area contributed by atoms with Gasteiger partial charge in [0.25, 0.3) is 0 Å². The van der Waals surface area contributed by atoms with Gasteiger partial charge >= 0.3 is 0 Å². The van der Waals surface area contributed by atoms with Gasteiger partial charge in [-0.2, -0.15) is 0 Å².